The molecule has 0 aliphatic heterocycles. The highest BCUT2D eigenvalue weighted by molar-refractivity contribution is 5.88. The van der Waals surface area contributed by atoms with E-state index >= 15 is 0 Å². The molecule has 0 bridgehead atoms. The molecule has 162 valence electrons. The van der Waals surface area contributed by atoms with Gasteiger partial charge in [0, 0.05) is 13.1 Å². The van der Waals surface area contributed by atoms with Crippen LogP contribution in [0.1, 0.15) is 55.0 Å². The van der Waals surface area contributed by atoms with Crippen LogP contribution in [0.4, 0.5) is 0 Å². The minimum atomic E-state index is -0.483. The molecule has 0 heterocycles. The maximum Gasteiger partial charge on any atom is 0.242 e. The van der Waals surface area contributed by atoms with Crippen molar-refractivity contribution in [2.75, 3.05) is 6.54 Å². The van der Waals surface area contributed by atoms with Crippen molar-refractivity contribution in [1.29, 1.82) is 0 Å². The number of amides is 2. The van der Waals surface area contributed by atoms with Gasteiger partial charge >= 0.3 is 0 Å². The molecule has 4 heteroatoms. The van der Waals surface area contributed by atoms with E-state index in [1.807, 2.05) is 52.0 Å². The van der Waals surface area contributed by atoms with Crippen LogP contribution < -0.4 is 5.32 Å². The number of hydrogen-bond donors (Lipinski definition) is 1. The largest absolute Gasteiger partial charge is 0.354 e. The molecule has 2 amide bonds. The standard InChI is InChI=1S/C26H36N2O2/c1-7-24(26(30)27-16-18(2)3)28(17-22-10-8-19(4)9-11-22)25(29)15-23-13-20(5)12-21(6)14-23/h8-14,18,24H,7,15-17H2,1-6H3,(H,27,30)/t24-/m1/s1. The molecule has 30 heavy (non-hydrogen) atoms. The van der Waals surface area contributed by atoms with Crippen LogP contribution in [0, 0.1) is 26.7 Å². The number of carbonyl (C=O) groups excluding carboxylic acids is 2. The van der Waals surface area contributed by atoms with Crippen LogP contribution in [0.3, 0.4) is 0 Å². The number of rotatable bonds is 9. The molecule has 0 spiro atoms. The summed E-state index contributed by atoms with van der Waals surface area (Å²) in [5.41, 5.74) is 5.48. The molecule has 1 atom stereocenters. The Morgan fingerprint density at radius 2 is 1.50 bits per heavy atom. The molecule has 0 radical (unpaired) electrons. The van der Waals surface area contributed by atoms with Gasteiger partial charge in [-0.1, -0.05) is 79.9 Å². The van der Waals surface area contributed by atoms with E-state index in [1.54, 1.807) is 4.90 Å². The third-order valence-corrected chi connectivity index (χ3v) is 5.18. The third kappa shape index (κ3) is 7.01. The van der Waals surface area contributed by atoms with E-state index in [9.17, 15) is 9.59 Å². The van der Waals surface area contributed by atoms with Crippen molar-refractivity contribution in [2.45, 2.75) is 67.0 Å². The molecule has 0 saturated carbocycles. The van der Waals surface area contributed by atoms with Gasteiger partial charge in [0.2, 0.25) is 11.8 Å². The fraction of sp³-hybridized carbons (Fsp3) is 0.462. The second kappa shape index (κ2) is 11.0. The van der Waals surface area contributed by atoms with Gasteiger partial charge in [-0.3, -0.25) is 9.59 Å². The topological polar surface area (TPSA) is 49.4 Å². The minimum absolute atomic E-state index is 0.0212. The Balaban J connectivity index is 2.29. The van der Waals surface area contributed by atoms with Gasteiger partial charge in [0.1, 0.15) is 6.04 Å². The Bertz CT molecular complexity index is 836. The summed E-state index contributed by atoms with van der Waals surface area (Å²) in [7, 11) is 0. The summed E-state index contributed by atoms with van der Waals surface area (Å²) in [6, 6.07) is 13.9. The molecular weight excluding hydrogens is 372 g/mol. The van der Waals surface area contributed by atoms with Crippen LogP contribution in [-0.2, 0) is 22.6 Å². The molecule has 1 N–H and O–H groups in total. The van der Waals surface area contributed by atoms with Crippen LogP contribution in [0.5, 0.6) is 0 Å². The normalized spacial score (nSPS) is 12.0. The Hall–Kier alpha value is -2.62. The summed E-state index contributed by atoms with van der Waals surface area (Å²) in [4.78, 5) is 28.1. The van der Waals surface area contributed by atoms with Crippen molar-refractivity contribution < 1.29 is 9.59 Å². The quantitative estimate of drug-likeness (QED) is 0.652. The Morgan fingerprint density at radius 3 is 2.03 bits per heavy atom. The van der Waals surface area contributed by atoms with Gasteiger partial charge in [0.15, 0.2) is 0 Å². The van der Waals surface area contributed by atoms with Gasteiger partial charge < -0.3 is 10.2 Å². The number of carbonyl (C=O) groups is 2. The predicted molar refractivity (Wildman–Crippen MR) is 123 cm³/mol. The van der Waals surface area contributed by atoms with Crippen molar-refractivity contribution in [1.82, 2.24) is 10.2 Å². The zero-order chi connectivity index (χ0) is 22.3. The third-order valence-electron chi connectivity index (χ3n) is 5.18. The van der Waals surface area contributed by atoms with E-state index in [0.29, 0.717) is 31.8 Å². The van der Waals surface area contributed by atoms with Crippen LogP contribution in [-0.4, -0.2) is 29.3 Å². The first-order chi connectivity index (χ1) is 14.2. The van der Waals surface area contributed by atoms with Crippen LogP contribution in [0.25, 0.3) is 0 Å². The van der Waals surface area contributed by atoms with Gasteiger partial charge in [0.05, 0.1) is 6.42 Å². The molecule has 2 rings (SSSR count). The minimum Gasteiger partial charge on any atom is -0.354 e. The van der Waals surface area contributed by atoms with E-state index in [4.69, 9.17) is 0 Å². The van der Waals surface area contributed by atoms with Crippen molar-refractivity contribution in [3.05, 3.63) is 70.3 Å². The Labute approximate surface area is 181 Å². The SMILES string of the molecule is CC[C@H](C(=O)NCC(C)C)N(Cc1ccc(C)cc1)C(=O)Cc1cc(C)cc(C)c1. The molecule has 0 fully saturated rings. The second-order valence-electron chi connectivity index (χ2n) is 8.74. The van der Waals surface area contributed by atoms with Gasteiger partial charge in [-0.2, -0.15) is 0 Å². The van der Waals surface area contributed by atoms with Gasteiger partial charge in [-0.25, -0.2) is 0 Å². The average Bonchev–Trinajstić information content (AvgIpc) is 2.66. The monoisotopic (exact) mass is 408 g/mol. The Morgan fingerprint density at radius 1 is 0.900 bits per heavy atom. The van der Waals surface area contributed by atoms with Crippen molar-refractivity contribution in [3.63, 3.8) is 0 Å². The lowest BCUT2D eigenvalue weighted by Gasteiger charge is -2.31. The molecule has 0 saturated heterocycles. The average molecular weight is 409 g/mol. The summed E-state index contributed by atoms with van der Waals surface area (Å²) in [6.07, 6.45) is 0.872. The van der Waals surface area contributed by atoms with Crippen LogP contribution >= 0.6 is 0 Å². The first-order valence-electron chi connectivity index (χ1n) is 10.9. The second-order valence-corrected chi connectivity index (χ2v) is 8.74. The first-order valence-corrected chi connectivity index (χ1v) is 10.9. The van der Waals surface area contributed by atoms with Crippen molar-refractivity contribution >= 4 is 11.8 Å². The molecule has 0 unspecified atom stereocenters. The molecule has 0 aliphatic carbocycles. The van der Waals surface area contributed by atoms with Crippen LogP contribution in [0.2, 0.25) is 0 Å². The van der Waals surface area contributed by atoms with Crippen LogP contribution in [0.15, 0.2) is 42.5 Å². The van der Waals surface area contributed by atoms with Gasteiger partial charge in [-0.15, -0.1) is 0 Å². The van der Waals surface area contributed by atoms with E-state index < -0.39 is 6.04 Å². The summed E-state index contributed by atoms with van der Waals surface area (Å²) in [5.74, 6) is 0.266. The van der Waals surface area contributed by atoms with E-state index in [-0.39, 0.29) is 11.8 Å². The molecule has 0 aliphatic rings. The number of aryl methyl sites for hydroxylation is 3. The van der Waals surface area contributed by atoms with E-state index in [1.165, 1.54) is 5.56 Å². The maximum atomic E-state index is 13.4. The summed E-state index contributed by atoms with van der Waals surface area (Å²) < 4.78 is 0. The highest BCUT2D eigenvalue weighted by atomic mass is 16.2. The number of benzene rings is 2. The zero-order valence-electron chi connectivity index (χ0n) is 19.3. The fourth-order valence-electron chi connectivity index (χ4n) is 3.68. The molecule has 2 aromatic carbocycles. The number of nitrogens with zero attached hydrogens (tertiary/aromatic N) is 1. The number of nitrogens with one attached hydrogen (secondary N) is 1. The first kappa shape index (κ1) is 23.7. The summed E-state index contributed by atoms with van der Waals surface area (Å²) in [6.45, 7) is 13.3. The van der Waals surface area contributed by atoms with Gasteiger partial charge in [-0.05, 0) is 44.2 Å². The van der Waals surface area contributed by atoms with E-state index in [0.717, 1.165) is 22.3 Å². The highest BCUT2D eigenvalue weighted by Gasteiger charge is 2.28. The lowest BCUT2D eigenvalue weighted by Crippen LogP contribution is -2.50. The van der Waals surface area contributed by atoms with Crippen molar-refractivity contribution in [3.8, 4) is 0 Å². The highest BCUT2D eigenvalue weighted by Crippen LogP contribution is 2.17. The van der Waals surface area contributed by atoms with Gasteiger partial charge in [0.25, 0.3) is 0 Å². The summed E-state index contributed by atoms with van der Waals surface area (Å²) in [5, 5.41) is 3.01. The zero-order valence-corrected chi connectivity index (χ0v) is 19.3. The van der Waals surface area contributed by atoms with E-state index in [2.05, 4.69) is 37.4 Å². The summed E-state index contributed by atoms with van der Waals surface area (Å²) >= 11 is 0. The lowest BCUT2D eigenvalue weighted by atomic mass is 10.0. The fourth-order valence-corrected chi connectivity index (χ4v) is 3.68. The molecular formula is C26H36N2O2. The molecule has 2 aromatic rings. The Kier molecular flexibility index (Phi) is 8.64. The number of hydrogen-bond acceptors (Lipinski definition) is 2. The lowest BCUT2D eigenvalue weighted by molar-refractivity contribution is -0.141. The van der Waals surface area contributed by atoms with Crippen molar-refractivity contribution in [2.24, 2.45) is 5.92 Å². The molecule has 0 aromatic heterocycles. The smallest absolute Gasteiger partial charge is 0.242 e. The predicted octanol–water partition coefficient (Wildman–Crippen LogP) is 4.73. The molecule has 4 nitrogen and oxygen atoms in total. The maximum absolute atomic E-state index is 13.4.